The van der Waals surface area contributed by atoms with Crippen molar-refractivity contribution in [2.24, 2.45) is 0 Å². The van der Waals surface area contributed by atoms with Gasteiger partial charge in [0, 0.05) is 11.6 Å². The Hall–Kier alpha value is -2.08. The van der Waals surface area contributed by atoms with E-state index in [2.05, 4.69) is 6.58 Å². The SMILES string of the molecule is C=CC=C(C=CC(=O)O)C=C(C)C#N. The first kappa shape index (κ1) is 11.9. The van der Waals surface area contributed by atoms with Crippen molar-refractivity contribution in [3.8, 4) is 6.07 Å². The molecule has 0 spiro atoms. The van der Waals surface area contributed by atoms with Crippen LogP contribution in [-0.2, 0) is 4.79 Å². The molecule has 0 bridgehead atoms. The zero-order valence-electron chi connectivity index (χ0n) is 7.90. The molecule has 0 amide bonds. The molecule has 0 saturated carbocycles. The number of carboxylic acid groups (broad SMARTS) is 1. The highest BCUT2D eigenvalue weighted by Crippen LogP contribution is 2.04. The van der Waals surface area contributed by atoms with E-state index >= 15 is 0 Å². The van der Waals surface area contributed by atoms with Gasteiger partial charge in [-0.3, -0.25) is 0 Å². The number of hydrogen-bond acceptors (Lipinski definition) is 2. The monoisotopic (exact) mass is 189 g/mol. The van der Waals surface area contributed by atoms with Crippen molar-refractivity contribution < 1.29 is 9.90 Å². The minimum atomic E-state index is -1.03. The summed E-state index contributed by atoms with van der Waals surface area (Å²) < 4.78 is 0. The third-order valence-corrected chi connectivity index (χ3v) is 1.29. The molecule has 0 aliphatic rings. The molecule has 0 radical (unpaired) electrons. The Labute approximate surface area is 83.0 Å². The van der Waals surface area contributed by atoms with E-state index in [1.165, 1.54) is 12.2 Å². The van der Waals surface area contributed by atoms with Crippen LogP contribution in [0.4, 0.5) is 0 Å². The summed E-state index contributed by atoms with van der Waals surface area (Å²) in [4.78, 5) is 10.2. The summed E-state index contributed by atoms with van der Waals surface area (Å²) in [6.45, 7) is 5.14. The molecular weight excluding hydrogens is 178 g/mol. The van der Waals surface area contributed by atoms with Crippen LogP contribution in [0.5, 0.6) is 0 Å². The fourth-order valence-electron chi connectivity index (χ4n) is 0.738. The molecule has 0 unspecified atom stereocenters. The van der Waals surface area contributed by atoms with Gasteiger partial charge >= 0.3 is 5.97 Å². The highest BCUT2D eigenvalue weighted by atomic mass is 16.4. The van der Waals surface area contributed by atoms with Crippen molar-refractivity contribution in [2.75, 3.05) is 0 Å². The number of hydrogen-bond donors (Lipinski definition) is 1. The van der Waals surface area contributed by atoms with E-state index in [1.54, 1.807) is 19.1 Å². The zero-order valence-corrected chi connectivity index (χ0v) is 7.90. The summed E-state index contributed by atoms with van der Waals surface area (Å²) in [6, 6.07) is 1.95. The van der Waals surface area contributed by atoms with E-state index in [0.717, 1.165) is 6.08 Å². The smallest absolute Gasteiger partial charge is 0.328 e. The third kappa shape index (κ3) is 5.56. The summed E-state index contributed by atoms with van der Waals surface area (Å²) in [7, 11) is 0. The Morgan fingerprint density at radius 3 is 2.57 bits per heavy atom. The molecule has 0 saturated heterocycles. The second-order valence-corrected chi connectivity index (χ2v) is 2.51. The van der Waals surface area contributed by atoms with Gasteiger partial charge < -0.3 is 5.11 Å². The maximum atomic E-state index is 10.2. The molecule has 0 atom stereocenters. The Balaban J connectivity index is 4.82. The van der Waals surface area contributed by atoms with Gasteiger partial charge in [-0.15, -0.1) is 0 Å². The number of carbonyl (C=O) groups is 1. The van der Waals surface area contributed by atoms with Crippen LogP contribution in [0, 0.1) is 11.3 Å². The molecule has 0 heterocycles. The summed E-state index contributed by atoms with van der Waals surface area (Å²) in [5, 5.41) is 16.9. The van der Waals surface area contributed by atoms with Crippen molar-refractivity contribution in [2.45, 2.75) is 6.92 Å². The molecule has 0 aromatic heterocycles. The summed E-state index contributed by atoms with van der Waals surface area (Å²) in [5.41, 5.74) is 1.13. The number of carboxylic acids is 1. The van der Waals surface area contributed by atoms with Crippen molar-refractivity contribution in [1.82, 2.24) is 0 Å². The molecule has 3 nitrogen and oxygen atoms in total. The van der Waals surface area contributed by atoms with Crippen LogP contribution in [0.2, 0.25) is 0 Å². The second-order valence-electron chi connectivity index (χ2n) is 2.51. The third-order valence-electron chi connectivity index (χ3n) is 1.29. The van der Waals surface area contributed by atoms with Gasteiger partial charge in [0.1, 0.15) is 0 Å². The average molecular weight is 189 g/mol. The van der Waals surface area contributed by atoms with Crippen LogP contribution in [0.25, 0.3) is 0 Å². The largest absolute Gasteiger partial charge is 0.478 e. The quantitative estimate of drug-likeness (QED) is 0.419. The predicted octanol–water partition coefficient (Wildman–Crippen LogP) is 2.21. The summed E-state index contributed by atoms with van der Waals surface area (Å²) >= 11 is 0. The van der Waals surface area contributed by atoms with Gasteiger partial charge in [-0.2, -0.15) is 5.26 Å². The standard InChI is InChI=1S/C11H11NO2/c1-3-4-10(5-6-11(13)14)7-9(2)8-12/h3-7H,1H2,2H3,(H,13,14). The highest BCUT2D eigenvalue weighted by Gasteiger charge is 1.91. The molecule has 0 aromatic rings. The van der Waals surface area contributed by atoms with E-state index in [1.807, 2.05) is 6.07 Å². The minimum absolute atomic E-state index is 0.508. The second kappa shape index (κ2) is 6.44. The van der Waals surface area contributed by atoms with E-state index in [0.29, 0.717) is 11.1 Å². The van der Waals surface area contributed by atoms with Gasteiger partial charge in [0.25, 0.3) is 0 Å². The number of rotatable bonds is 4. The molecular formula is C11H11NO2. The van der Waals surface area contributed by atoms with Gasteiger partial charge in [0.15, 0.2) is 0 Å². The molecule has 1 N–H and O–H groups in total. The van der Waals surface area contributed by atoms with Crippen LogP contribution in [0.15, 0.2) is 48.1 Å². The van der Waals surface area contributed by atoms with Gasteiger partial charge in [-0.05, 0) is 24.6 Å². The topological polar surface area (TPSA) is 61.1 Å². The van der Waals surface area contributed by atoms with Crippen LogP contribution in [0.1, 0.15) is 6.92 Å². The summed E-state index contributed by atoms with van der Waals surface area (Å²) in [5.74, 6) is -1.03. The van der Waals surface area contributed by atoms with Crippen LogP contribution < -0.4 is 0 Å². The van der Waals surface area contributed by atoms with Gasteiger partial charge in [-0.1, -0.05) is 18.7 Å². The first-order chi connectivity index (χ1) is 6.60. The lowest BCUT2D eigenvalue weighted by Gasteiger charge is -1.91. The molecule has 0 aliphatic heterocycles. The van der Waals surface area contributed by atoms with E-state index in [-0.39, 0.29) is 0 Å². The number of aliphatic carboxylic acids is 1. The molecule has 0 aliphatic carbocycles. The van der Waals surface area contributed by atoms with Crippen molar-refractivity contribution in [3.63, 3.8) is 0 Å². The van der Waals surface area contributed by atoms with Gasteiger partial charge in [0.2, 0.25) is 0 Å². The Morgan fingerprint density at radius 2 is 2.14 bits per heavy atom. The van der Waals surface area contributed by atoms with Crippen molar-refractivity contribution in [1.29, 1.82) is 5.26 Å². The Bertz CT molecular complexity index is 354. The van der Waals surface area contributed by atoms with E-state index < -0.39 is 5.97 Å². The lowest BCUT2D eigenvalue weighted by atomic mass is 10.1. The van der Waals surface area contributed by atoms with E-state index in [4.69, 9.17) is 10.4 Å². The molecule has 0 fully saturated rings. The fraction of sp³-hybridized carbons (Fsp3) is 0.0909. The summed E-state index contributed by atoms with van der Waals surface area (Å²) in [6.07, 6.45) is 7.16. The molecule has 0 rings (SSSR count). The maximum absolute atomic E-state index is 10.2. The zero-order chi connectivity index (χ0) is 11.0. The first-order valence-electron chi connectivity index (χ1n) is 3.92. The average Bonchev–Trinajstić information content (AvgIpc) is 2.14. The lowest BCUT2D eigenvalue weighted by molar-refractivity contribution is -0.131. The first-order valence-corrected chi connectivity index (χ1v) is 3.92. The molecule has 14 heavy (non-hydrogen) atoms. The lowest BCUT2D eigenvalue weighted by Crippen LogP contribution is -1.86. The Kier molecular flexibility index (Phi) is 5.48. The normalized spacial score (nSPS) is 12.6. The van der Waals surface area contributed by atoms with Crippen molar-refractivity contribution in [3.05, 3.63) is 48.1 Å². The number of nitrogens with zero attached hydrogens (tertiary/aromatic N) is 1. The highest BCUT2D eigenvalue weighted by molar-refractivity contribution is 5.80. The fourth-order valence-corrected chi connectivity index (χ4v) is 0.738. The van der Waals surface area contributed by atoms with Gasteiger partial charge in [-0.25, -0.2) is 4.79 Å². The van der Waals surface area contributed by atoms with E-state index in [9.17, 15) is 4.79 Å². The molecule has 72 valence electrons. The number of nitriles is 1. The van der Waals surface area contributed by atoms with Crippen LogP contribution >= 0.6 is 0 Å². The number of allylic oxidation sites excluding steroid dienone is 6. The van der Waals surface area contributed by atoms with Crippen LogP contribution in [0.3, 0.4) is 0 Å². The molecule has 3 heteroatoms. The Morgan fingerprint density at radius 1 is 1.50 bits per heavy atom. The molecule has 0 aromatic carbocycles. The van der Waals surface area contributed by atoms with Crippen molar-refractivity contribution >= 4 is 5.97 Å². The van der Waals surface area contributed by atoms with Gasteiger partial charge in [0.05, 0.1) is 6.07 Å². The minimum Gasteiger partial charge on any atom is -0.478 e. The maximum Gasteiger partial charge on any atom is 0.328 e. The van der Waals surface area contributed by atoms with Crippen LogP contribution in [-0.4, -0.2) is 11.1 Å². The predicted molar refractivity (Wildman–Crippen MR) is 54.4 cm³/mol.